The average molecular weight is 306 g/mol. The lowest BCUT2D eigenvalue weighted by Gasteiger charge is -2.42. The van der Waals surface area contributed by atoms with Crippen LogP contribution in [0.1, 0.15) is 27.7 Å². The third-order valence-corrected chi connectivity index (χ3v) is 3.07. The molecule has 0 aromatic heterocycles. The summed E-state index contributed by atoms with van der Waals surface area (Å²) in [6, 6.07) is 0. The van der Waals surface area contributed by atoms with Gasteiger partial charge >= 0.3 is 17.9 Å². The highest BCUT2D eigenvalue weighted by Gasteiger charge is 2.49. The molecule has 0 saturated carbocycles. The molecule has 1 aliphatic rings. The number of thiol groups is 1. The maximum atomic E-state index is 11.2. The van der Waals surface area contributed by atoms with Crippen LogP contribution in [0.5, 0.6) is 0 Å². The molecular weight excluding hydrogens is 288 g/mol. The fourth-order valence-corrected chi connectivity index (χ4v) is 2.41. The Kier molecular flexibility index (Phi) is 5.82. The van der Waals surface area contributed by atoms with Gasteiger partial charge in [0.15, 0.2) is 18.3 Å². The Hall–Kier alpha value is -1.28. The van der Waals surface area contributed by atoms with Gasteiger partial charge in [-0.15, -0.1) is 12.6 Å². The number of carbonyl (C=O) groups excluding carboxylic acids is 3. The topological polar surface area (TPSA) is 88.1 Å². The molecule has 0 bridgehead atoms. The molecule has 1 saturated heterocycles. The minimum absolute atomic E-state index is 0.554. The van der Waals surface area contributed by atoms with Crippen LogP contribution in [0.2, 0.25) is 0 Å². The lowest BCUT2D eigenvalue weighted by molar-refractivity contribution is -0.228. The molecule has 8 heteroatoms. The quantitative estimate of drug-likeness (QED) is 0.460. The summed E-state index contributed by atoms with van der Waals surface area (Å²) in [5.74, 6) is -1.72. The van der Waals surface area contributed by atoms with Crippen molar-refractivity contribution in [1.29, 1.82) is 0 Å². The van der Waals surface area contributed by atoms with E-state index < -0.39 is 47.8 Å². The third kappa shape index (κ3) is 4.38. The minimum Gasteiger partial charge on any atom is -0.456 e. The Balaban J connectivity index is 3.01. The fourth-order valence-electron chi connectivity index (χ4n) is 1.99. The first kappa shape index (κ1) is 16.8. The normalized spacial score (nSPS) is 33.1. The highest BCUT2D eigenvalue weighted by atomic mass is 32.1. The van der Waals surface area contributed by atoms with Crippen LogP contribution < -0.4 is 0 Å². The number of hydrogen-bond donors (Lipinski definition) is 1. The molecule has 1 rings (SSSR count). The number of ether oxygens (including phenoxy) is 4. The molecule has 114 valence electrons. The van der Waals surface area contributed by atoms with E-state index in [2.05, 4.69) is 12.6 Å². The van der Waals surface area contributed by atoms with Crippen LogP contribution in [0, 0.1) is 0 Å². The van der Waals surface area contributed by atoms with E-state index in [0.29, 0.717) is 0 Å². The fraction of sp³-hybridized carbons (Fsp3) is 0.750. The van der Waals surface area contributed by atoms with Gasteiger partial charge in [0.1, 0.15) is 5.44 Å². The van der Waals surface area contributed by atoms with Crippen LogP contribution in [0.15, 0.2) is 0 Å². The highest BCUT2D eigenvalue weighted by Crippen LogP contribution is 2.29. The second-order valence-corrected chi connectivity index (χ2v) is 4.96. The van der Waals surface area contributed by atoms with Crippen molar-refractivity contribution >= 4 is 30.5 Å². The van der Waals surface area contributed by atoms with Crippen LogP contribution >= 0.6 is 12.6 Å². The lowest BCUT2D eigenvalue weighted by Crippen LogP contribution is -2.59. The van der Waals surface area contributed by atoms with E-state index in [1.165, 1.54) is 20.8 Å². The molecule has 0 spiro atoms. The van der Waals surface area contributed by atoms with Crippen molar-refractivity contribution in [1.82, 2.24) is 0 Å². The molecule has 7 nitrogen and oxygen atoms in total. The van der Waals surface area contributed by atoms with Crippen LogP contribution in [-0.2, 0) is 33.3 Å². The Morgan fingerprint density at radius 2 is 1.25 bits per heavy atom. The summed E-state index contributed by atoms with van der Waals surface area (Å²) in [5, 5.41) is 0. The molecule has 0 aliphatic carbocycles. The van der Waals surface area contributed by atoms with Gasteiger partial charge in [0.25, 0.3) is 0 Å². The van der Waals surface area contributed by atoms with E-state index in [1.54, 1.807) is 6.92 Å². The van der Waals surface area contributed by atoms with Crippen LogP contribution in [0.25, 0.3) is 0 Å². The summed E-state index contributed by atoms with van der Waals surface area (Å²) < 4.78 is 20.8. The Morgan fingerprint density at radius 1 is 0.850 bits per heavy atom. The van der Waals surface area contributed by atoms with Gasteiger partial charge in [-0.2, -0.15) is 0 Å². The summed E-state index contributed by atoms with van der Waals surface area (Å²) >= 11 is 4.17. The first-order valence-corrected chi connectivity index (χ1v) is 6.59. The maximum absolute atomic E-state index is 11.2. The molecule has 5 atom stereocenters. The van der Waals surface area contributed by atoms with Crippen molar-refractivity contribution in [3.05, 3.63) is 0 Å². The van der Waals surface area contributed by atoms with Gasteiger partial charge in [-0.25, -0.2) is 0 Å². The van der Waals surface area contributed by atoms with E-state index in [0.717, 1.165) is 0 Å². The van der Waals surface area contributed by atoms with Gasteiger partial charge in [0, 0.05) is 20.8 Å². The van der Waals surface area contributed by atoms with Gasteiger partial charge in [-0.1, -0.05) is 0 Å². The lowest BCUT2D eigenvalue weighted by atomic mass is 10.00. The van der Waals surface area contributed by atoms with Crippen molar-refractivity contribution in [3.63, 3.8) is 0 Å². The summed E-state index contributed by atoms with van der Waals surface area (Å²) in [6.45, 7) is 5.30. The predicted molar refractivity (Wildman–Crippen MR) is 70.0 cm³/mol. The summed E-state index contributed by atoms with van der Waals surface area (Å²) in [7, 11) is 0. The highest BCUT2D eigenvalue weighted by molar-refractivity contribution is 7.80. The molecule has 1 heterocycles. The summed E-state index contributed by atoms with van der Waals surface area (Å²) in [5.41, 5.74) is -0.787. The monoisotopic (exact) mass is 306 g/mol. The Morgan fingerprint density at radius 3 is 1.70 bits per heavy atom. The predicted octanol–water partition coefficient (Wildman–Crippen LogP) is 0.456. The molecule has 0 radical (unpaired) electrons. The second-order valence-electron chi connectivity index (χ2n) is 4.45. The summed E-state index contributed by atoms with van der Waals surface area (Å²) in [6.07, 6.45) is -3.35. The molecule has 0 amide bonds. The molecule has 0 aromatic carbocycles. The van der Waals surface area contributed by atoms with Crippen LogP contribution in [-0.4, -0.2) is 47.8 Å². The van der Waals surface area contributed by atoms with Gasteiger partial charge in [-0.05, 0) is 6.92 Å². The van der Waals surface area contributed by atoms with Crippen molar-refractivity contribution < 1.29 is 33.3 Å². The largest absolute Gasteiger partial charge is 0.456 e. The van der Waals surface area contributed by atoms with Crippen molar-refractivity contribution in [3.8, 4) is 0 Å². The smallest absolute Gasteiger partial charge is 0.303 e. The van der Waals surface area contributed by atoms with E-state index in [4.69, 9.17) is 18.9 Å². The van der Waals surface area contributed by atoms with Gasteiger partial charge in [0.2, 0.25) is 0 Å². The minimum atomic E-state index is -0.966. The van der Waals surface area contributed by atoms with Crippen LogP contribution in [0.3, 0.4) is 0 Å². The van der Waals surface area contributed by atoms with Crippen molar-refractivity contribution in [2.45, 2.75) is 57.5 Å². The van der Waals surface area contributed by atoms with Crippen molar-refractivity contribution in [2.75, 3.05) is 0 Å². The van der Waals surface area contributed by atoms with E-state index in [1.807, 2.05) is 0 Å². The van der Waals surface area contributed by atoms with Gasteiger partial charge < -0.3 is 18.9 Å². The van der Waals surface area contributed by atoms with E-state index >= 15 is 0 Å². The number of carbonyl (C=O) groups is 3. The number of hydrogen-bond acceptors (Lipinski definition) is 8. The molecular formula is C12H18O7S. The van der Waals surface area contributed by atoms with Gasteiger partial charge in [0.05, 0.1) is 6.10 Å². The SMILES string of the molecule is CC(=O)O[C@H]1[C@H](OC(C)=O)[C@@H](C)O[C@H](S)[C@H]1OC(C)=O. The molecule has 20 heavy (non-hydrogen) atoms. The maximum Gasteiger partial charge on any atom is 0.303 e. The zero-order chi connectivity index (χ0) is 15.4. The first-order chi connectivity index (χ1) is 9.22. The number of rotatable bonds is 3. The zero-order valence-corrected chi connectivity index (χ0v) is 12.6. The second kappa shape index (κ2) is 6.94. The number of esters is 3. The van der Waals surface area contributed by atoms with Gasteiger partial charge in [-0.3, -0.25) is 14.4 Å². The molecule has 1 aliphatic heterocycles. The summed E-state index contributed by atoms with van der Waals surface area (Å²) in [4.78, 5) is 33.5. The zero-order valence-electron chi connectivity index (χ0n) is 11.7. The first-order valence-electron chi connectivity index (χ1n) is 6.07. The molecule has 1 fully saturated rings. The Bertz CT molecular complexity index is 369. The molecule has 0 N–H and O–H groups in total. The molecule has 0 aromatic rings. The van der Waals surface area contributed by atoms with Crippen molar-refractivity contribution in [2.24, 2.45) is 0 Å². The Labute approximate surface area is 122 Å². The van der Waals surface area contributed by atoms with Crippen LogP contribution in [0.4, 0.5) is 0 Å². The standard InChI is InChI=1S/C12H18O7S/c1-5-9(17-6(2)13)10(18-7(3)14)11(12(20)16-5)19-8(4)15/h5,9-12,20H,1-4H3/t5-,9-,10+,11+,12-/m1/s1. The van der Waals surface area contributed by atoms with E-state index in [9.17, 15) is 14.4 Å². The third-order valence-electron chi connectivity index (χ3n) is 2.65. The molecule has 0 unspecified atom stereocenters. The average Bonchev–Trinajstić information content (AvgIpc) is 2.27. The van der Waals surface area contributed by atoms with E-state index in [-0.39, 0.29) is 0 Å².